The van der Waals surface area contributed by atoms with Crippen molar-refractivity contribution in [1.82, 2.24) is 15.2 Å². The summed E-state index contributed by atoms with van der Waals surface area (Å²) in [7, 11) is 1.58. The summed E-state index contributed by atoms with van der Waals surface area (Å²) in [6.07, 6.45) is -1.18. The van der Waals surface area contributed by atoms with Crippen molar-refractivity contribution in [2.24, 2.45) is 0 Å². The first-order chi connectivity index (χ1) is 15.8. The standard InChI is InChI=1S/C24H24F3N3O3/c1-32-20-9-5-16(6-10-20)12-30(13-17-3-2-4-18(11-17)24(25,26)27)14-22-29-21(15-33-22)23(31)28-19-7-8-19/h2-6,9-11,15,19H,7-8,12-14H2,1H3,(H,28,31). The first kappa shape index (κ1) is 22.8. The van der Waals surface area contributed by atoms with Crippen LogP contribution in [0.3, 0.4) is 0 Å². The molecule has 1 fully saturated rings. The Morgan fingerprint density at radius 1 is 1.12 bits per heavy atom. The van der Waals surface area contributed by atoms with Gasteiger partial charge in [0.25, 0.3) is 5.91 Å². The molecule has 2 aromatic carbocycles. The highest BCUT2D eigenvalue weighted by molar-refractivity contribution is 5.92. The maximum absolute atomic E-state index is 13.2. The van der Waals surface area contributed by atoms with Crippen molar-refractivity contribution in [2.75, 3.05) is 7.11 Å². The van der Waals surface area contributed by atoms with Gasteiger partial charge in [-0.15, -0.1) is 0 Å². The largest absolute Gasteiger partial charge is 0.497 e. The maximum atomic E-state index is 13.2. The van der Waals surface area contributed by atoms with Gasteiger partial charge >= 0.3 is 6.18 Å². The third-order valence-corrected chi connectivity index (χ3v) is 5.28. The zero-order valence-corrected chi connectivity index (χ0v) is 18.1. The molecule has 0 spiro atoms. The minimum atomic E-state index is -4.41. The number of oxazole rings is 1. The molecule has 0 saturated heterocycles. The van der Waals surface area contributed by atoms with E-state index < -0.39 is 11.7 Å². The lowest BCUT2D eigenvalue weighted by molar-refractivity contribution is -0.137. The number of rotatable bonds is 9. The highest BCUT2D eigenvalue weighted by atomic mass is 19.4. The Morgan fingerprint density at radius 2 is 1.85 bits per heavy atom. The van der Waals surface area contributed by atoms with Gasteiger partial charge in [-0.1, -0.05) is 30.3 Å². The molecule has 3 aromatic rings. The van der Waals surface area contributed by atoms with E-state index in [1.165, 1.54) is 12.3 Å². The van der Waals surface area contributed by atoms with E-state index in [0.717, 1.165) is 30.5 Å². The van der Waals surface area contributed by atoms with Gasteiger partial charge in [-0.3, -0.25) is 9.69 Å². The second kappa shape index (κ2) is 9.66. The van der Waals surface area contributed by atoms with Gasteiger partial charge in [-0.05, 0) is 42.2 Å². The molecule has 33 heavy (non-hydrogen) atoms. The highest BCUT2D eigenvalue weighted by Gasteiger charge is 2.30. The van der Waals surface area contributed by atoms with Crippen LogP contribution in [-0.4, -0.2) is 28.9 Å². The number of aromatic nitrogens is 1. The number of carbonyl (C=O) groups excluding carboxylic acids is 1. The minimum absolute atomic E-state index is 0.195. The lowest BCUT2D eigenvalue weighted by Crippen LogP contribution is -2.26. The predicted molar refractivity (Wildman–Crippen MR) is 114 cm³/mol. The molecule has 174 valence electrons. The topological polar surface area (TPSA) is 67.6 Å². The van der Waals surface area contributed by atoms with Crippen molar-refractivity contribution in [3.05, 3.63) is 83.1 Å². The smallest absolute Gasteiger partial charge is 0.416 e. The molecule has 6 nitrogen and oxygen atoms in total. The van der Waals surface area contributed by atoms with E-state index in [2.05, 4.69) is 10.3 Å². The molecular weight excluding hydrogens is 435 g/mol. The van der Waals surface area contributed by atoms with Crippen LogP contribution in [-0.2, 0) is 25.8 Å². The lowest BCUT2D eigenvalue weighted by atomic mass is 10.1. The Balaban J connectivity index is 1.52. The monoisotopic (exact) mass is 459 g/mol. The van der Waals surface area contributed by atoms with Crippen molar-refractivity contribution >= 4 is 5.91 Å². The summed E-state index contributed by atoms with van der Waals surface area (Å²) in [6, 6.07) is 12.9. The number of carbonyl (C=O) groups is 1. The Kier molecular flexibility index (Phi) is 6.69. The molecule has 0 radical (unpaired) electrons. The van der Waals surface area contributed by atoms with Crippen LogP contribution in [0.25, 0.3) is 0 Å². The Bertz CT molecular complexity index is 1090. The van der Waals surface area contributed by atoms with Crippen molar-refractivity contribution in [2.45, 2.75) is 44.7 Å². The van der Waals surface area contributed by atoms with Gasteiger partial charge in [0.15, 0.2) is 5.69 Å². The molecule has 1 aromatic heterocycles. The van der Waals surface area contributed by atoms with E-state index in [1.807, 2.05) is 29.2 Å². The molecular formula is C24H24F3N3O3. The number of methoxy groups -OCH3 is 1. The zero-order valence-electron chi connectivity index (χ0n) is 18.1. The van der Waals surface area contributed by atoms with E-state index >= 15 is 0 Å². The molecule has 1 heterocycles. The number of benzene rings is 2. The number of nitrogens with one attached hydrogen (secondary N) is 1. The van der Waals surface area contributed by atoms with E-state index in [1.54, 1.807) is 13.2 Å². The Hall–Kier alpha value is -3.33. The number of hydrogen-bond acceptors (Lipinski definition) is 5. The molecule has 1 saturated carbocycles. The second-order valence-corrected chi connectivity index (χ2v) is 8.07. The van der Waals surface area contributed by atoms with Crippen LogP contribution in [0.5, 0.6) is 5.75 Å². The van der Waals surface area contributed by atoms with Crippen LogP contribution in [0.2, 0.25) is 0 Å². The Labute approximate surface area is 189 Å². The van der Waals surface area contributed by atoms with Crippen LogP contribution >= 0.6 is 0 Å². The molecule has 1 N–H and O–H groups in total. The number of hydrogen-bond donors (Lipinski definition) is 1. The average molecular weight is 459 g/mol. The third kappa shape index (κ3) is 6.35. The fourth-order valence-electron chi connectivity index (χ4n) is 3.43. The number of ether oxygens (including phenoxy) is 1. The van der Waals surface area contributed by atoms with Gasteiger partial charge in [0.1, 0.15) is 12.0 Å². The molecule has 1 aliphatic rings. The van der Waals surface area contributed by atoms with Crippen molar-refractivity contribution in [1.29, 1.82) is 0 Å². The molecule has 1 aliphatic carbocycles. The van der Waals surface area contributed by atoms with Crippen LogP contribution < -0.4 is 10.1 Å². The first-order valence-corrected chi connectivity index (χ1v) is 10.6. The van der Waals surface area contributed by atoms with Crippen molar-refractivity contribution in [3.8, 4) is 5.75 Å². The fourth-order valence-corrected chi connectivity index (χ4v) is 3.43. The molecule has 0 atom stereocenters. The molecule has 0 aliphatic heterocycles. The Morgan fingerprint density at radius 3 is 2.52 bits per heavy atom. The minimum Gasteiger partial charge on any atom is -0.497 e. The molecule has 9 heteroatoms. The summed E-state index contributed by atoms with van der Waals surface area (Å²) in [5.41, 5.74) is 0.956. The summed E-state index contributed by atoms with van der Waals surface area (Å²) in [4.78, 5) is 18.4. The quantitative estimate of drug-likeness (QED) is 0.498. The maximum Gasteiger partial charge on any atom is 0.416 e. The summed E-state index contributed by atoms with van der Waals surface area (Å²) in [5, 5.41) is 2.85. The van der Waals surface area contributed by atoms with Crippen LogP contribution in [0.4, 0.5) is 13.2 Å². The van der Waals surface area contributed by atoms with E-state index in [9.17, 15) is 18.0 Å². The van der Waals surface area contributed by atoms with Gasteiger partial charge in [0.05, 0.1) is 19.2 Å². The summed E-state index contributed by atoms with van der Waals surface area (Å²) in [5.74, 6) is 0.741. The van der Waals surface area contributed by atoms with Crippen molar-refractivity contribution < 1.29 is 27.1 Å². The number of amides is 1. The van der Waals surface area contributed by atoms with E-state index in [0.29, 0.717) is 23.7 Å². The van der Waals surface area contributed by atoms with Crippen LogP contribution in [0.15, 0.2) is 59.2 Å². The summed E-state index contributed by atoms with van der Waals surface area (Å²) < 4.78 is 50.1. The molecule has 0 unspecified atom stereocenters. The SMILES string of the molecule is COc1ccc(CN(Cc2cccc(C(F)(F)F)c2)Cc2nc(C(=O)NC3CC3)co2)cc1. The number of alkyl halides is 3. The first-order valence-electron chi connectivity index (χ1n) is 10.6. The highest BCUT2D eigenvalue weighted by Crippen LogP contribution is 2.30. The molecule has 1 amide bonds. The number of nitrogens with zero attached hydrogens (tertiary/aromatic N) is 2. The van der Waals surface area contributed by atoms with Gasteiger partial charge in [0, 0.05) is 19.1 Å². The number of halogens is 3. The van der Waals surface area contributed by atoms with E-state index in [-0.39, 0.29) is 30.7 Å². The zero-order chi connectivity index (χ0) is 23.4. The van der Waals surface area contributed by atoms with Crippen LogP contribution in [0, 0.1) is 0 Å². The summed E-state index contributed by atoms with van der Waals surface area (Å²) in [6.45, 7) is 0.896. The summed E-state index contributed by atoms with van der Waals surface area (Å²) >= 11 is 0. The normalized spacial score (nSPS) is 13.8. The van der Waals surface area contributed by atoms with Gasteiger partial charge in [-0.2, -0.15) is 13.2 Å². The average Bonchev–Trinajstić information content (AvgIpc) is 3.48. The third-order valence-electron chi connectivity index (χ3n) is 5.28. The van der Waals surface area contributed by atoms with Gasteiger partial charge in [0.2, 0.25) is 5.89 Å². The second-order valence-electron chi connectivity index (χ2n) is 8.07. The van der Waals surface area contributed by atoms with E-state index in [4.69, 9.17) is 9.15 Å². The lowest BCUT2D eigenvalue weighted by Gasteiger charge is -2.22. The van der Waals surface area contributed by atoms with Crippen molar-refractivity contribution in [3.63, 3.8) is 0 Å². The predicted octanol–water partition coefficient (Wildman–Crippen LogP) is 4.80. The fraction of sp³-hybridized carbons (Fsp3) is 0.333. The molecule has 0 bridgehead atoms. The molecule has 4 rings (SSSR count). The van der Waals surface area contributed by atoms with Crippen LogP contribution in [0.1, 0.15) is 45.9 Å². The van der Waals surface area contributed by atoms with Gasteiger partial charge in [-0.25, -0.2) is 4.98 Å². The van der Waals surface area contributed by atoms with Gasteiger partial charge < -0.3 is 14.5 Å².